The molecule has 0 unspecified atom stereocenters. The zero-order chi connectivity index (χ0) is 16.5. The Morgan fingerprint density at radius 2 is 2.00 bits per heavy atom. The third kappa shape index (κ3) is 2.74. The highest BCUT2D eigenvalue weighted by molar-refractivity contribution is 6.34. The second-order valence-electron chi connectivity index (χ2n) is 4.95. The summed E-state index contributed by atoms with van der Waals surface area (Å²) in [7, 11) is 0. The minimum Gasteiger partial charge on any atom is -0.394 e. The van der Waals surface area contributed by atoms with Crippen LogP contribution in [0.15, 0.2) is 6.07 Å². The standard InChI is InChI=1S/C11H14N6O5/c12-7(19)5-1-6(16-15-5)10(22)17-2-11(3-17,4-18)14-9(21)8(13)20/h1,18H,2-4H2,(H2,12,19)(H2,13,20)(H,14,21)(H,15,16). The number of aromatic amines is 1. The first-order chi connectivity index (χ1) is 10.3. The lowest BCUT2D eigenvalue weighted by Gasteiger charge is -2.48. The Morgan fingerprint density at radius 1 is 1.36 bits per heavy atom. The molecule has 0 aliphatic carbocycles. The van der Waals surface area contributed by atoms with E-state index >= 15 is 0 Å². The summed E-state index contributed by atoms with van der Waals surface area (Å²) in [6.45, 7) is -0.510. The maximum absolute atomic E-state index is 12.1. The minimum absolute atomic E-state index is 0.0215. The number of hydrogen-bond acceptors (Lipinski definition) is 6. The van der Waals surface area contributed by atoms with Crippen LogP contribution in [-0.2, 0) is 9.59 Å². The summed E-state index contributed by atoms with van der Waals surface area (Å²) in [6, 6.07) is 1.20. The number of carbonyl (C=O) groups is 4. The first kappa shape index (κ1) is 15.4. The monoisotopic (exact) mass is 310 g/mol. The van der Waals surface area contributed by atoms with Crippen LogP contribution in [-0.4, -0.2) is 69.1 Å². The molecular formula is C11H14N6O5. The Balaban J connectivity index is 2.01. The molecule has 11 nitrogen and oxygen atoms in total. The van der Waals surface area contributed by atoms with E-state index in [2.05, 4.69) is 15.5 Å². The van der Waals surface area contributed by atoms with Gasteiger partial charge < -0.3 is 26.8 Å². The van der Waals surface area contributed by atoms with E-state index in [1.54, 1.807) is 0 Å². The number of primary amides is 2. The van der Waals surface area contributed by atoms with Crippen molar-refractivity contribution >= 4 is 23.6 Å². The quantitative estimate of drug-likeness (QED) is 0.356. The largest absolute Gasteiger partial charge is 0.394 e. The van der Waals surface area contributed by atoms with E-state index in [9.17, 15) is 24.3 Å². The summed E-state index contributed by atoms with van der Waals surface area (Å²) in [6.07, 6.45) is 0. The number of nitrogens with zero attached hydrogens (tertiary/aromatic N) is 2. The third-order valence-electron chi connectivity index (χ3n) is 3.24. The van der Waals surface area contributed by atoms with Crippen LogP contribution in [0.5, 0.6) is 0 Å². The molecule has 1 aromatic rings. The molecule has 1 saturated heterocycles. The molecule has 2 heterocycles. The maximum atomic E-state index is 12.1. The van der Waals surface area contributed by atoms with E-state index in [4.69, 9.17) is 11.5 Å². The van der Waals surface area contributed by atoms with Crippen LogP contribution in [0.2, 0.25) is 0 Å². The van der Waals surface area contributed by atoms with Crippen molar-refractivity contribution < 1.29 is 24.3 Å². The Kier molecular flexibility index (Phi) is 3.82. The number of likely N-dealkylation sites (tertiary alicyclic amines) is 1. The number of H-pyrrole nitrogens is 1. The number of amides is 4. The molecule has 1 fully saturated rings. The average molecular weight is 310 g/mol. The SMILES string of the molecule is NC(=O)C(=O)NC1(CO)CN(C(=O)c2cc(C(N)=O)n[nH]2)C1. The van der Waals surface area contributed by atoms with E-state index in [-0.39, 0.29) is 24.5 Å². The lowest BCUT2D eigenvalue weighted by atomic mass is 9.90. The first-order valence-electron chi connectivity index (χ1n) is 6.15. The number of nitrogens with one attached hydrogen (secondary N) is 2. The fourth-order valence-corrected chi connectivity index (χ4v) is 2.08. The van der Waals surface area contributed by atoms with Gasteiger partial charge in [0.15, 0.2) is 5.69 Å². The molecule has 118 valence electrons. The van der Waals surface area contributed by atoms with Gasteiger partial charge in [-0.2, -0.15) is 5.10 Å². The Labute approximate surface area is 123 Å². The van der Waals surface area contributed by atoms with Gasteiger partial charge in [-0.15, -0.1) is 0 Å². The lowest BCUT2D eigenvalue weighted by Crippen LogP contribution is -2.74. The fourth-order valence-electron chi connectivity index (χ4n) is 2.08. The molecule has 0 saturated carbocycles. The lowest BCUT2D eigenvalue weighted by molar-refractivity contribution is -0.140. The van der Waals surface area contributed by atoms with Gasteiger partial charge in [0.1, 0.15) is 5.69 Å². The summed E-state index contributed by atoms with van der Waals surface area (Å²) in [5, 5.41) is 17.6. The molecular weight excluding hydrogens is 296 g/mol. The number of rotatable bonds is 4. The van der Waals surface area contributed by atoms with Gasteiger partial charge in [-0.1, -0.05) is 0 Å². The molecule has 0 aromatic carbocycles. The molecule has 7 N–H and O–H groups in total. The summed E-state index contributed by atoms with van der Waals surface area (Å²) in [5.74, 6) is -3.49. The number of carbonyl (C=O) groups excluding carboxylic acids is 4. The summed E-state index contributed by atoms with van der Waals surface area (Å²) >= 11 is 0. The summed E-state index contributed by atoms with van der Waals surface area (Å²) in [5.41, 5.74) is 8.69. The van der Waals surface area contributed by atoms with Gasteiger partial charge >= 0.3 is 11.8 Å². The third-order valence-corrected chi connectivity index (χ3v) is 3.24. The average Bonchev–Trinajstić information content (AvgIpc) is 2.91. The Hall–Kier alpha value is -2.95. The van der Waals surface area contributed by atoms with Crippen LogP contribution in [0.3, 0.4) is 0 Å². The highest BCUT2D eigenvalue weighted by atomic mass is 16.3. The number of aliphatic hydroxyl groups excluding tert-OH is 1. The van der Waals surface area contributed by atoms with Gasteiger partial charge in [0.25, 0.3) is 11.8 Å². The molecule has 0 bridgehead atoms. The molecule has 4 amide bonds. The molecule has 0 radical (unpaired) electrons. The van der Waals surface area contributed by atoms with Crippen molar-refractivity contribution in [3.63, 3.8) is 0 Å². The zero-order valence-corrected chi connectivity index (χ0v) is 11.3. The van der Waals surface area contributed by atoms with E-state index in [1.165, 1.54) is 11.0 Å². The number of nitrogens with two attached hydrogens (primary N) is 2. The van der Waals surface area contributed by atoms with Gasteiger partial charge in [0, 0.05) is 19.2 Å². The molecule has 11 heteroatoms. The van der Waals surface area contributed by atoms with Crippen LogP contribution < -0.4 is 16.8 Å². The fraction of sp³-hybridized carbons (Fsp3) is 0.364. The van der Waals surface area contributed by atoms with Crippen LogP contribution in [0.1, 0.15) is 21.0 Å². The minimum atomic E-state index is -1.18. The van der Waals surface area contributed by atoms with Crippen molar-refractivity contribution in [2.24, 2.45) is 11.5 Å². The molecule has 2 rings (SSSR count). The number of aromatic nitrogens is 2. The molecule has 1 aromatic heterocycles. The number of hydrogen-bond donors (Lipinski definition) is 5. The van der Waals surface area contributed by atoms with Crippen molar-refractivity contribution in [1.29, 1.82) is 0 Å². The topological polar surface area (TPSA) is 184 Å². The maximum Gasteiger partial charge on any atom is 0.309 e. The van der Waals surface area contributed by atoms with Gasteiger partial charge in [-0.3, -0.25) is 24.3 Å². The molecule has 22 heavy (non-hydrogen) atoms. The van der Waals surface area contributed by atoms with Crippen molar-refractivity contribution in [3.05, 3.63) is 17.5 Å². The van der Waals surface area contributed by atoms with Gasteiger partial charge in [-0.05, 0) is 0 Å². The molecule has 0 atom stereocenters. The first-order valence-corrected chi connectivity index (χ1v) is 6.15. The van der Waals surface area contributed by atoms with Crippen LogP contribution in [0, 0.1) is 0 Å². The molecule has 0 spiro atoms. The Morgan fingerprint density at radius 3 is 2.45 bits per heavy atom. The highest BCUT2D eigenvalue weighted by Crippen LogP contribution is 2.22. The number of aliphatic hydroxyl groups is 1. The Bertz CT molecular complexity index is 647. The predicted octanol–water partition coefficient (Wildman–Crippen LogP) is -3.70. The predicted molar refractivity (Wildman–Crippen MR) is 70.2 cm³/mol. The van der Waals surface area contributed by atoms with Crippen molar-refractivity contribution in [2.45, 2.75) is 5.54 Å². The van der Waals surface area contributed by atoms with Crippen molar-refractivity contribution in [3.8, 4) is 0 Å². The zero-order valence-electron chi connectivity index (χ0n) is 11.3. The van der Waals surface area contributed by atoms with Crippen LogP contribution >= 0.6 is 0 Å². The van der Waals surface area contributed by atoms with Crippen LogP contribution in [0.25, 0.3) is 0 Å². The molecule has 1 aliphatic rings. The summed E-state index contributed by atoms with van der Waals surface area (Å²) < 4.78 is 0. The van der Waals surface area contributed by atoms with Crippen molar-refractivity contribution in [1.82, 2.24) is 20.4 Å². The van der Waals surface area contributed by atoms with Gasteiger partial charge in [-0.25, -0.2) is 0 Å². The van der Waals surface area contributed by atoms with Crippen molar-refractivity contribution in [2.75, 3.05) is 19.7 Å². The van der Waals surface area contributed by atoms with E-state index in [1.807, 2.05) is 0 Å². The highest BCUT2D eigenvalue weighted by Gasteiger charge is 2.47. The molecule has 1 aliphatic heterocycles. The normalized spacial score (nSPS) is 15.8. The second-order valence-corrected chi connectivity index (χ2v) is 4.95. The smallest absolute Gasteiger partial charge is 0.309 e. The van der Waals surface area contributed by atoms with Gasteiger partial charge in [0.05, 0.1) is 12.1 Å². The van der Waals surface area contributed by atoms with E-state index in [0.29, 0.717) is 0 Å². The van der Waals surface area contributed by atoms with E-state index in [0.717, 1.165) is 0 Å². The van der Waals surface area contributed by atoms with E-state index < -0.39 is 35.8 Å². The van der Waals surface area contributed by atoms with Gasteiger partial charge in [0.2, 0.25) is 0 Å². The van der Waals surface area contributed by atoms with Crippen LogP contribution in [0.4, 0.5) is 0 Å². The second kappa shape index (κ2) is 5.44. The summed E-state index contributed by atoms with van der Waals surface area (Å²) in [4.78, 5) is 46.3.